The highest BCUT2D eigenvalue weighted by Gasteiger charge is 2.38. The zero-order valence-corrected chi connectivity index (χ0v) is 10.3. The lowest BCUT2D eigenvalue weighted by Gasteiger charge is -2.28. The van der Waals surface area contributed by atoms with Crippen LogP contribution in [0.25, 0.3) is 0 Å². The van der Waals surface area contributed by atoms with Gasteiger partial charge in [0.15, 0.2) is 0 Å². The van der Waals surface area contributed by atoms with Crippen LogP contribution in [-0.4, -0.2) is 40.3 Å². The van der Waals surface area contributed by atoms with E-state index in [1.807, 2.05) is 0 Å². The van der Waals surface area contributed by atoms with Gasteiger partial charge in [-0.3, -0.25) is 9.59 Å². The number of rotatable bonds is 10. The molecule has 5 heteroatoms. The number of carboxylic acid groups (broad SMARTS) is 1. The van der Waals surface area contributed by atoms with E-state index >= 15 is 0 Å². The minimum absolute atomic E-state index is 0.0105. The van der Waals surface area contributed by atoms with Crippen LogP contribution in [0, 0.1) is 5.41 Å². The molecule has 0 aromatic heterocycles. The number of hydrogen-bond acceptors (Lipinski definition) is 4. The molecule has 0 bridgehead atoms. The number of ketones is 1. The van der Waals surface area contributed by atoms with Crippen molar-refractivity contribution in [3.05, 3.63) is 0 Å². The summed E-state index contributed by atoms with van der Waals surface area (Å²) in [7, 11) is 0. The summed E-state index contributed by atoms with van der Waals surface area (Å²) in [5, 5.41) is 26.9. The van der Waals surface area contributed by atoms with Gasteiger partial charge in [0.05, 0.1) is 5.41 Å². The molecule has 0 aliphatic rings. The zero-order valence-electron chi connectivity index (χ0n) is 10.3. The fourth-order valence-corrected chi connectivity index (χ4v) is 1.88. The Morgan fingerprint density at radius 1 is 1.06 bits per heavy atom. The molecule has 0 amide bonds. The average molecular weight is 246 g/mol. The van der Waals surface area contributed by atoms with Crippen molar-refractivity contribution >= 4 is 11.8 Å². The molecule has 5 nitrogen and oxygen atoms in total. The molecular weight excluding hydrogens is 224 g/mol. The van der Waals surface area contributed by atoms with E-state index in [-0.39, 0.29) is 31.8 Å². The number of unbranched alkanes of at least 4 members (excludes halogenated alkanes) is 1. The monoisotopic (exact) mass is 246 g/mol. The van der Waals surface area contributed by atoms with Crippen molar-refractivity contribution in [2.45, 2.75) is 45.4 Å². The number of carbonyl (C=O) groups excluding carboxylic acids is 1. The molecule has 0 heterocycles. The molecular formula is C12H22O5. The minimum Gasteiger partial charge on any atom is -0.481 e. The number of hydrogen-bond donors (Lipinski definition) is 3. The second-order valence-corrected chi connectivity index (χ2v) is 4.31. The SMILES string of the molecule is CCC(=O)CC(CCO)(CCCCO)C(=O)O. The van der Waals surface area contributed by atoms with Gasteiger partial charge in [0.1, 0.15) is 5.78 Å². The number of carbonyl (C=O) groups is 2. The largest absolute Gasteiger partial charge is 0.481 e. The Labute approximate surface area is 101 Å². The van der Waals surface area contributed by atoms with E-state index < -0.39 is 11.4 Å². The topological polar surface area (TPSA) is 94.8 Å². The van der Waals surface area contributed by atoms with Gasteiger partial charge in [-0.25, -0.2) is 0 Å². The summed E-state index contributed by atoms with van der Waals surface area (Å²) < 4.78 is 0. The van der Waals surface area contributed by atoms with Gasteiger partial charge >= 0.3 is 5.97 Å². The quantitative estimate of drug-likeness (QED) is 0.499. The van der Waals surface area contributed by atoms with Crippen LogP contribution < -0.4 is 0 Å². The molecule has 0 saturated carbocycles. The van der Waals surface area contributed by atoms with Crippen LogP contribution in [0.1, 0.15) is 45.4 Å². The van der Waals surface area contributed by atoms with E-state index in [9.17, 15) is 14.7 Å². The third-order valence-corrected chi connectivity index (χ3v) is 3.04. The Hall–Kier alpha value is -0.940. The summed E-state index contributed by atoms with van der Waals surface area (Å²) in [6, 6.07) is 0. The summed E-state index contributed by atoms with van der Waals surface area (Å²) in [5.74, 6) is -1.14. The molecule has 0 rings (SSSR count). The van der Waals surface area contributed by atoms with Gasteiger partial charge in [0.2, 0.25) is 0 Å². The first-order valence-electron chi connectivity index (χ1n) is 5.99. The van der Waals surface area contributed by atoms with Crippen LogP contribution in [0.2, 0.25) is 0 Å². The summed E-state index contributed by atoms with van der Waals surface area (Å²) in [6.45, 7) is 1.46. The van der Waals surface area contributed by atoms with Crippen molar-refractivity contribution < 1.29 is 24.9 Å². The van der Waals surface area contributed by atoms with Gasteiger partial charge in [-0.1, -0.05) is 13.3 Å². The zero-order chi connectivity index (χ0) is 13.3. The number of aliphatic hydroxyl groups excluding tert-OH is 2. The third-order valence-electron chi connectivity index (χ3n) is 3.04. The number of carboxylic acids is 1. The Bertz CT molecular complexity index is 251. The summed E-state index contributed by atoms with van der Waals surface area (Å²) >= 11 is 0. The third kappa shape index (κ3) is 5.28. The van der Waals surface area contributed by atoms with Gasteiger partial charge in [0.25, 0.3) is 0 Å². The van der Waals surface area contributed by atoms with E-state index in [0.29, 0.717) is 25.7 Å². The van der Waals surface area contributed by atoms with E-state index in [0.717, 1.165) is 0 Å². The van der Waals surface area contributed by atoms with Crippen molar-refractivity contribution in [2.75, 3.05) is 13.2 Å². The van der Waals surface area contributed by atoms with Crippen molar-refractivity contribution in [3.8, 4) is 0 Å². The van der Waals surface area contributed by atoms with Crippen LogP contribution in [-0.2, 0) is 9.59 Å². The van der Waals surface area contributed by atoms with Crippen LogP contribution in [0.15, 0.2) is 0 Å². The van der Waals surface area contributed by atoms with Gasteiger partial charge in [0, 0.05) is 26.1 Å². The molecule has 0 aliphatic heterocycles. The predicted molar refractivity (Wildman–Crippen MR) is 62.6 cm³/mol. The van der Waals surface area contributed by atoms with E-state index in [1.54, 1.807) is 6.92 Å². The van der Waals surface area contributed by atoms with Crippen molar-refractivity contribution in [3.63, 3.8) is 0 Å². The molecule has 0 fully saturated rings. The number of aliphatic hydroxyl groups is 2. The molecule has 0 aliphatic carbocycles. The molecule has 0 spiro atoms. The molecule has 3 N–H and O–H groups in total. The smallest absolute Gasteiger partial charge is 0.310 e. The minimum atomic E-state index is -1.17. The van der Waals surface area contributed by atoms with Gasteiger partial charge < -0.3 is 15.3 Å². The molecule has 0 saturated heterocycles. The maximum atomic E-state index is 11.4. The predicted octanol–water partition coefficient (Wildman–Crippen LogP) is 0.972. The number of Topliss-reactive ketones (excluding diaryl/α,β-unsaturated/α-hetero) is 1. The maximum Gasteiger partial charge on any atom is 0.310 e. The normalized spacial score (nSPS) is 14.3. The fraction of sp³-hybridized carbons (Fsp3) is 0.833. The van der Waals surface area contributed by atoms with E-state index in [1.165, 1.54) is 0 Å². The molecule has 0 aromatic carbocycles. The molecule has 0 aromatic rings. The second-order valence-electron chi connectivity index (χ2n) is 4.31. The lowest BCUT2D eigenvalue weighted by Crippen LogP contribution is -2.34. The molecule has 100 valence electrons. The van der Waals surface area contributed by atoms with E-state index in [4.69, 9.17) is 10.2 Å². The molecule has 1 unspecified atom stereocenters. The van der Waals surface area contributed by atoms with Crippen LogP contribution in [0.5, 0.6) is 0 Å². The maximum absolute atomic E-state index is 11.4. The first-order valence-corrected chi connectivity index (χ1v) is 5.99. The second kappa shape index (κ2) is 8.20. The van der Waals surface area contributed by atoms with Crippen LogP contribution >= 0.6 is 0 Å². The molecule has 17 heavy (non-hydrogen) atoms. The lowest BCUT2D eigenvalue weighted by molar-refractivity contribution is -0.153. The van der Waals surface area contributed by atoms with Gasteiger partial charge in [-0.15, -0.1) is 0 Å². The highest BCUT2D eigenvalue weighted by Crippen LogP contribution is 2.34. The highest BCUT2D eigenvalue weighted by molar-refractivity contribution is 5.86. The molecule has 1 atom stereocenters. The first kappa shape index (κ1) is 16.1. The van der Waals surface area contributed by atoms with Gasteiger partial charge in [-0.05, 0) is 19.3 Å². The number of aliphatic carboxylic acids is 1. The van der Waals surface area contributed by atoms with Crippen LogP contribution in [0.4, 0.5) is 0 Å². The Balaban J connectivity index is 4.72. The first-order chi connectivity index (χ1) is 8.02. The van der Waals surface area contributed by atoms with Crippen molar-refractivity contribution in [2.24, 2.45) is 5.41 Å². The van der Waals surface area contributed by atoms with Crippen LogP contribution in [0.3, 0.4) is 0 Å². The highest BCUT2D eigenvalue weighted by atomic mass is 16.4. The van der Waals surface area contributed by atoms with Gasteiger partial charge in [-0.2, -0.15) is 0 Å². The summed E-state index contributed by atoms with van der Waals surface area (Å²) in [5.41, 5.74) is -1.17. The van der Waals surface area contributed by atoms with E-state index in [2.05, 4.69) is 0 Å². The summed E-state index contributed by atoms with van der Waals surface area (Å²) in [4.78, 5) is 22.8. The average Bonchev–Trinajstić information content (AvgIpc) is 2.29. The van der Waals surface area contributed by atoms with Crippen molar-refractivity contribution in [1.82, 2.24) is 0 Å². The summed E-state index contributed by atoms with van der Waals surface area (Å²) in [6.07, 6.45) is 1.72. The Kier molecular flexibility index (Phi) is 7.74. The molecule has 0 radical (unpaired) electrons. The fourth-order valence-electron chi connectivity index (χ4n) is 1.88. The lowest BCUT2D eigenvalue weighted by atomic mass is 9.75. The standard InChI is InChI=1S/C12H22O5/c1-2-10(15)9-12(6-8-14,11(16)17)5-3-4-7-13/h13-14H,2-9H2,1H3,(H,16,17). The Morgan fingerprint density at radius 3 is 2.12 bits per heavy atom. The Morgan fingerprint density at radius 2 is 1.71 bits per heavy atom. The van der Waals surface area contributed by atoms with Crippen molar-refractivity contribution in [1.29, 1.82) is 0 Å².